The molecule has 4 fully saturated rings. The summed E-state index contributed by atoms with van der Waals surface area (Å²) in [5, 5.41) is 5.72. The third-order valence-electron chi connectivity index (χ3n) is 9.08. The molecule has 3 saturated heterocycles. The summed E-state index contributed by atoms with van der Waals surface area (Å²) in [6.45, 7) is 10.3. The van der Waals surface area contributed by atoms with Gasteiger partial charge in [-0.2, -0.15) is 5.10 Å². The predicted molar refractivity (Wildman–Crippen MR) is 164 cm³/mol. The number of ether oxygens (including phenoxy) is 3. The van der Waals surface area contributed by atoms with E-state index in [1.165, 1.54) is 4.90 Å². The molecular formula is C33H43FN6O4. The summed E-state index contributed by atoms with van der Waals surface area (Å²) in [6.07, 6.45) is 6.15. The van der Waals surface area contributed by atoms with E-state index >= 15 is 4.39 Å². The Morgan fingerprint density at radius 2 is 1.82 bits per heavy atom. The average Bonchev–Trinajstić information content (AvgIpc) is 3.74. The fourth-order valence-corrected chi connectivity index (χ4v) is 6.51. The Labute approximate surface area is 257 Å². The highest BCUT2D eigenvalue weighted by Gasteiger charge is 2.36. The van der Waals surface area contributed by atoms with Gasteiger partial charge in [0.15, 0.2) is 12.1 Å². The second-order valence-electron chi connectivity index (χ2n) is 13.8. The van der Waals surface area contributed by atoms with E-state index < -0.39 is 17.9 Å². The van der Waals surface area contributed by atoms with Crippen molar-refractivity contribution in [3.05, 3.63) is 41.3 Å². The smallest absolute Gasteiger partial charge is 0.410 e. The maximum atomic E-state index is 15.7. The minimum atomic E-state index is -1.20. The molecule has 1 aromatic carbocycles. The van der Waals surface area contributed by atoms with Gasteiger partial charge >= 0.3 is 6.09 Å². The fourth-order valence-electron chi connectivity index (χ4n) is 6.51. The molecule has 0 bridgehead atoms. The van der Waals surface area contributed by atoms with E-state index in [9.17, 15) is 4.79 Å². The zero-order valence-electron chi connectivity index (χ0n) is 26.2. The molecule has 44 heavy (non-hydrogen) atoms. The second-order valence-corrected chi connectivity index (χ2v) is 13.8. The van der Waals surface area contributed by atoms with Gasteiger partial charge in [0.05, 0.1) is 24.4 Å². The van der Waals surface area contributed by atoms with Crippen LogP contribution >= 0.6 is 0 Å². The highest BCUT2D eigenvalue weighted by molar-refractivity contribution is 5.82. The number of aromatic nitrogens is 4. The number of carbonyl (C=O) groups is 1. The lowest BCUT2D eigenvalue weighted by Crippen LogP contribution is -2.54. The molecule has 1 aliphatic carbocycles. The molecule has 1 saturated carbocycles. The lowest BCUT2D eigenvalue weighted by molar-refractivity contribution is -0.191. The third-order valence-corrected chi connectivity index (χ3v) is 9.08. The number of halogens is 1. The first-order valence-corrected chi connectivity index (χ1v) is 16.1. The molecular weight excluding hydrogens is 563 g/mol. The van der Waals surface area contributed by atoms with E-state index in [-0.39, 0.29) is 24.9 Å². The lowest BCUT2D eigenvalue weighted by atomic mass is 9.85. The maximum absolute atomic E-state index is 15.7. The van der Waals surface area contributed by atoms with Gasteiger partial charge in [0, 0.05) is 49.5 Å². The molecule has 0 spiro atoms. The predicted octanol–water partition coefficient (Wildman–Crippen LogP) is 5.80. The van der Waals surface area contributed by atoms with Crippen molar-refractivity contribution < 1.29 is 23.4 Å². The lowest BCUT2D eigenvalue weighted by Gasteiger charge is -2.41. The number of rotatable bonds is 6. The van der Waals surface area contributed by atoms with Crippen molar-refractivity contribution in [2.45, 2.75) is 102 Å². The maximum Gasteiger partial charge on any atom is 0.410 e. The minimum Gasteiger partial charge on any atom is -0.444 e. The van der Waals surface area contributed by atoms with Gasteiger partial charge in [-0.25, -0.2) is 23.8 Å². The van der Waals surface area contributed by atoms with Crippen LogP contribution < -0.4 is 4.90 Å². The summed E-state index contributed by atoms with van der Waals surface area (Å²) >= 11 is 0. The normalized spacial score (nSPS) is 24.9. The Kier molecular flexibility index (Phi) is 7.73. The van der Waals surface area contributed by atoms with Gasteiger partial charge < -0.3 is 24.0 Å². The second kappa shape index (κ2) is 11.6. The van der Waals surface area contributed by atoms with E-state index in [0.717, 1.165) is 91.3 Å². The van der Waals surface area contributed by atoms with E-state index in [1.54, 1.807) is 0 Å². The standard InChI is InChI=1S/C33H43FN6O4/c1-20-13-22-16-35-40(27(22)14-25(20)24-10-11-38(19-26(24)34)32(41)44-33(2,3)4)29-15-28(36-31(37-29)21-8-9-21)39-17-23(18-39)43-30-7-5-6-12-42-30/h13-16,21,23-24,26,30H,5-12,17-19H2,1-4H3/t24-,26-,30?/m0/s1. The van der Waals surface area contributed by atoms with Crippen LogP contribution in [0.25, 0.3) is 16.7 Å². The SMILES string of the molecule is Cc1cc2cnn(-c3cc(N4CC(OC5CCCCO5)C4)nc(C4CC4)n3)c2cc1[C@@H]1CCN(C(=O)OC(C)(C)C)C[C@@H]1F. The molecule has 0 N–H and O–H groups in total. The summed E-state index contributed by atoms with van der Waals surface area (Å²) in [5.74, 6) is 2.51. The van der Waals surface area contributed by atoms with Crippen LogP contribution in [0.2, 0.25) is 0 Å². The first kappa shape index (κ1) is 29.4. The number of benzene rings is 1. The molecule has 3 aliphatic heterocycles. The first-order chi connectivity index (χ1) is 21.1. The number of nitrogens with zero attached hydrogens (tertiary/aromatic N) is 6. The van der Waals surface area contributed by atoms with E-state index in [1.807, 2.05) is 44.6 Å². The van der Waals surface area contributed by atoms with Crippen molar-refractivity contribution in [3.8, 4) is 5.82 Å². The number of amides is 1. The molecule has 3 atom stereocenters. The third kappa shape index (κ3) is 6.13. The summed E-state index contributed by atoms with van der Waals surface area (Å²) in [7, 11) is 0. The fraction of sp³-hybridized carbons (Fsp3) is 0.636. The van der Waals surface area contributed by atoms with Crippen LogP contribution in [0.4, 0.5) is 15.0 Å². The molecule has 236 valence electrons. The number of likely N-dealkylation sites (tertiary alicyclic amines) is 1. The number of fused-ring (bicyclic) bond motifs is 1. The van der Waals surface area contributed by atoms with Gasteiger partial charge in [0.1, 0.15) is 23.4 Å². The van der Waals surface area contributed by atoms with Gasteiger partial charge in [-0.15, -0.1) is 0 Å². The van der Waals surface area contributed by atoms with E-state index in [2.05, 4.69) is 17.0 Å². The molecule has 11 heteroatoms. The van der Waals surface area contributed by atoms with Gasteiger partial charge in [0.25, 0.3) is 0 Å². The molecule has 10 nitrogen and oxygen atoms in total. The summed E-state index contributed by atoms with van der Waals surface area (Å²) < 4.78 is 35.0. The summed E-state index contributed by atoms with van der Waals surface area (Å²) in [4.78, 5) is 26.2. The molecule has 5 heterocycles. The zero-order chi connectivity index (χ0) is 30.6. The minimum absolute atomic E-state index is 0.0176. The number of anilines is 1. The van der Waals surface area contributed by atoms with Gasteiger partial charge in [0.2, 0.25) is 0 Å². The summed E-state index contributed by atoms with van der Waals surface area (Å²) in [5.41, 5.74) is 2.23. The number of aryl methyl sites for hydroxylation is 1. The molecule has 4 aliphatic rings. The van der Waals surface area contributed by atoms with Crippen LogP contribution in [0.5, 0.6) is 0 Å². The molecule has 7 rings (SSSR count). The van der Waals surface area contributed by atoms with Crippen LogP contribution in [0, 0.1) is 6.92 Å². The topological polar surface area (TPSA) is 94.8 Å². The van der Waals surface area contributed by atoms with Crippen molar-refractivity contribution in [2.24, 2.45) is 0 Å². The Balaban J connectivity index is 1.12. The quantitative estimate of drug-likeness (QED) is 0.348. The number of hydrogen-bond acceptors (Lipinski definition) is 8. The Morgan fingerprint density at radius 3 is 2.52 bits per heavy atom. The number of carbonyl (C=O) groups excluding carboxylic acids is 1. The number of hydrogen-bond donors (Lipinski definition) is 0. The monoisotopic (exact) mass is 606 g/mol. The molecule has 3 aromatic rings. The summed E-state index contributed by atoms with van der Waals surface area (Å²) in [6, 6.07) is 6.15. The largest absolute Gasteiger partial charge is 0.444 e. The highest BCUT2D eigenvalue weighted by atomic mass is 19.1. The molecule has 1 unspecified atom stereocenters. The van der Waals surface area contributed by atoms with Crippen molar-refractivity contribution >= 4 is 22.8 Å². The molecule has 0 radical (unpaired) electrons. The Hall–Kier alpha value is -3.31. The van der Waals surface area contributed by atoms with E-state index in [0.29, 0.717) is 18.9 Å². The van der Waals surface area contributed by atoms with Gasteiger partial charge in [-0.05, 0) is 89.5 Å². The van der Waals surface area contributed by atoms with Gasteiger partial charge in [-0.1, -0.05) is 0 Å². The number of piperidine rings is 1. The Bertz CT molecular complexity index is 1520. The first-order valence-electron chi connectivity index (χ1n) is 16.1. The van der Waals surface area contributed by atoms with E-state index in [4.69, 9.17) is 29.3 Å². The van der Waals surface area contributed by atoms with Gasteiger partial charge in [-0.3, -0.25) is 0 Å². The average molecular weight is 607 g/mol. The molecule has 2 aromatic heterocycles. The van der Waals surface area contributed by atoms with Crippen LogP contribution in [-0.4, -0.2) is 87.7 Å². The molecule has 1 amide bonds. The van der Waals surface area contributed by atoms with Crippen molar-refractivity contribution in [1.29, 1.82) is 0 Å². The zero-order valence-corrected chi connectivity index (χ0v) is 26.2. The highest BCUT2D eigenvalue weighted by Crippen LogP contribution is 2.40. The van der Waals surface area contributed by atoms with Crippen molar-refractivity contribution in [1.82, 2.24) is 24.6 Å². The van der Waals surface area contributed by atoms with Crippen molar-refractivity contribution in [3.63, 3.8) is 0 Å². The number of alkyl halides is 1. The Morgan fingerprint density at radius 1 is 1.02 bits per heavy atom. The van der Waals surface area contributed by atoms with Crippen LogP contribution in [0.15, 0.2) is 24.4 Å². The van der Waals surface area contributed by atoms with Crippen LogP contribution in [-0.2, 0) is 14.2 Å². The van der Waals surface area contributed by atoms with Crippen molar-refractivity contribution in [2.75, 3.05) is 37.7 Å². The van der Waals surface area contributed by atoms with Crippen LogP contribution in [0.3, 0.4) is 0 Å². The van der Waals surface area contributed by atoms with Crippen LogP contribution in [0.1, 0.15) is 88.1 Å².